The normalized spacial score (nSPS) is 22.0. The highest BCUT2D eigenvalue weighted by molar-refractivity contribution is 6.31. The van der Waals surface area contributed by atoms with Gasteiger partial charge >= 0.3 is 0 Å². The molecule has 0 aliphatic carbocycles. The Labute approximate surface area is 100.0 Å². The van der Waals surface area contributed by atoms with Crippen molar-refractivity contribution >= 4 is 11.6 Å². The van der Waals surface area contributed by atoms with Gasteiger partial charge in [-0.3, -0.25) is 0 Å². The first-order chi connectivity index (χ1) is 7.53. The smallest absolute Gasteiger partial charge is 0.129 e. The average Bonchev–Trinajstić information content (AvgIpc) is 2.25. The first-order valence-corrected chi connectivity index (χ1v) is 5.52. The zero-order valence-corrected chi connectivity index (χ0v) is 10.0. The number of nitriles is 1. The Balaban J connectivity index is 2.12. The van der Waals surface area contributed by atoms with Crippen molar-refractivity contribution in [2.45, 2.75) is 25.5 Å². The van der Waals surface area contributed by atoms with Gasteiger partial charge in [0.1, 0.15) is 17.9 Å². The van der Waals surface area contributed by atoms with Crippen LogP contribution in [-0.2, 0) is 0 Å². The fraction of sp³-hybridized carbons (Fsp3) is 0.417. The SMILES string of the molecule is CC1(C)NC[C@@H]1Oc1ccc(C#N)c(Cl)c1. The third-order valence-electron chi connectivity index (χ3n) is 2.89. The van der Waals surface area contributed by atoms with Gasteiger partial charge in [-0.2, -0.15) is 5.26 Å². The fourth-order valence-electron chi connectivity index (χ4n) is 1.61. The molecule has 16 heavy (non-hydrogen) atoms. The highest BCUT2D eigenvalue weighted by atomic mass is 35.5. The van der Waals surface area contributed by atoms with Gasteiger partial charge in [-0.15, -0.1) is 0 Å². The Morgan fingerprint density at radius 3 is 2.75 bits per heavy atom. The summed E-state index contributed by atoms with van der Waals surface area (Å²) in [6, 6.07) is 7.16. The summed E-state index contributed by atoms with van der Waals surface area (Å²) >= 11 is 5.93. The van der Waals surface area contributed by atoms with Crippen molar-refractivity contribution in [2.24, 2.45) is 0 Å². The lowest BCUT2D eigenvalue weighted by atomic mass is 9.89. The predicted molar refractivity (Wildman–Crippen MR) is 62.7 cm³/mol. The van der Waals surface area contributed by atoms with E-state index in [2.05, 4.69) is 19.2 Å². The van der Waals surface area contributed by atoms with E-state index in [4.69, 9.17) is 21.6 Å². The van der Waals surface area contributed by atoms with E-state index in [9.17, 15) is 0 Å². The van der Waals surface area contributed by atoms with Gasteiger partial charge in [0.25, 0.3) is 0 Å². The predicted octanol–water partition coefficient (Wildman–Crippen LogP) is 2.34. The number of hydrogen-bond donors (Lipinski definition) is 1. The molecule has 0 bridgehead atoms. The molecule has 2 rings (SSSR count). The maximum Gasteiger partial charge on any atom is 0.129 e. The van der Waals surface area contributed by atoms with Crippen LogP contribution in [0.25, 0.3) is 0 Å². The minimum Gasteiger partial charge on any atom is -0.487 e. The molecule has 0 saturated carbocycles. The monoisotopic (exact) mass is 236 g/mol. The second-order valence-electron chi connectivity index (χ2n) is 4.46. The van der Waals surface area contributed by atoms with Gasteiger partial charge in [0.15, 0.2) is 0 Å². The van der Waals surface area contributed by atoms with Crippen LogP contribution < -0.4 is 10.1 Å². The van der Waals surface area contributed by atoms with Gasteiger partial charge in [-0.1, -0.05) is 11.6 Å². The molecule has 0 unspecified atom stereocenters. The van der Waals surface area contributed by atoms with E-state index in [1.807, 2.05) is 6.07 Å². The van der Waals surface area contributed by atoms with E-state index in [1.54, 1.807) is 18.2 Å². The van der Waals surface area contributed by atoms with Gasteiger partial charge < -0.3 is 10.1 Å². The third kappa shape index (κ3) is 1.99. The lowest BCUT2D eigenvalue weighted by Crippen LogP contribution is -2.67. The Kier molecular flexibility index (Phi) is 2.79. The Hall–Kier alpha value is -1.24. The molecule has 1 heterocycles. The molecule has 1 aliphatic rings. The first-order valence-electron chi connectivity index (χ1n) is 5.14. The lowest BCUT2D eigenvalue weighted by molar-refractivity contribution is 0.0302. The number of benzene rings is 1. The first kappa shape index (κ1) is 11.3. The molecule has 84 valence electrons. The summed E-state index contributed by atoms with van der Waals surface area (Å²) in [4.78, 5) is 0. The minimum absolute atomic E-state index is 0.000373. The number of nitrogens with zero attached hydrogens (tertiary/aromatic N) is 1. The highest BCUT2D eigenvalue weighted by Crippen LogP contribution is 2.27. The van der Waals surface area contributed by atoms with Crippen molar-refractivity contribution < 1.29 is 4.74 Å². The summed E-state index contributed by atoms with van der Waals surface area (Å²) in [5, 5.41) is 12.5. The highest BCUT2D eigenvalue weighted by Gasteiger charge is 2.39. The topological polar surface area (TPSA) is 45.0 Å². The van der Waals surface area contributed by atoms with Crippen molar-refractivity contribution in [2.75, 3.05) is 6.54 Å². The van der Waals surface area contributed by atoms with E-state index in [-0.39, 0.29) is 11.6 Å². The zero-order chi connectivity index (χ0) is 11.8. The van der Waals surface area contributed by atoms with E-state index in [1.165, 1.54) is 0 Å². The molecule has 1 fully saturated rings. The maximum atomic E-state index is 8.75. The van der Waals surface area contributed by atoms with Crippen molar-refractivity contribution in [1.82, 2.24) is 5.32 Å². The molecule has 0 amide bonds. The van der Waals surface area contributed by atoms with Crippen LogP contribution >= 0.6 is 11.6 Å². The van der Waals surface area contributed by atoms with Crippen molar-refractivity contribution in [1.29, 1.82) is 5.26 Å². The molecular formula is C12H13ClN2O. The summed E-state index contributed by atoms with van der Waals surface area (Å²) in [5.41, 5.74) is 0.473. The average molecular weight is 237 g/mol. The Bertz CT molecular complexity index is 451. The van der Waals surface area contributed by atoms with Gasteiger partial charge in [0.2, 0.25) is 0 Å². The van der Waals surface area contributed by atoms with Gasteiger partial charge in [0.05, 0.1) is 16.1 Å². The van der Waals surface area contributed by atoms with Crippen LogP contribution in [0.15, 0.2) is 18.2 Å². The van der Waals surface area contributed by atoms with E-state index in [0.29, 0.717) is 16.3 Å². The molecule has 0 spiro atoms. The van der Waals surface area contributed by atoms with Crippen molar-refractivity contribution in [3.8, 4) is 11.8 Å². The van der Waals surface area contributed by atoms with Gasteiger partial charge in [-0.25, -0.2) is 0 Å². The molecule has 1 atom stereocenters. The number of halogens is 1. The fourth-order valence-corrected chi connectivity index (χ4v) is 1.82. The van der Waals surface area contributed by atoms with Crippen LogP contribution in [0.5, 0.6) is 5.75 Å². The summed E-state index contributed by atoms with van der Waals surface area (Å²) in [5.74, 6) is 0.712. The second-order valence-corrected chi connectivity index (χ2v) is 4.87. The maximum absolute atomic E-state index is 8.75. The number of hydrogen-bond acceptors (Lipinski definition) is 3. The summed E-state index contributed by atoms with van der Waals surface area (Å²) in [6.07, 6.45) is 0.150. The quantitative estimate of drug-likeness (QED) is 0.857. The Morgan fingerprint density at radius 1 is 1.56 bits per heavy atom. The van der Waals surface area contributed by atoms with Crippen LogP contribution in [0, 0.1) is 11.3 Å². The largest absolute Gasteiger partial charge is 0.487 e. The molecule has 1 N–H and O–H groups in total. The van der Waals surface area contributed by atoms with Crippen LogP contribution in [0.4, 0.5) is 0 Å². The zero-order valence-electron chi connectivity index (χ0n) is 9.25. The van der Waals surface area contributed by atoms with Crippen molar-refractivity contribution in [3.63, 3.8) is 0 Å². The van der Waals surface area contributed by atoms with Crippen molar-refractivity contribution in [3.05, 3.63) is 28.8 Å². The molecule has 0 radical (unpaired) electrons. The van der Waals surface area contributed by atoms with Crippen LogP contribution in [0.1, 0.15) is 19.4 Å². The lowest BCUT2D eigenvalue weighted by Gasteiger charge is -2.45. The van der Waals surface area contributed by atoms with Crippen LogP contribution in [0.3, 0.4) is 0 Å². The van der Waals surface area contributed by atoms with Gasteiger partial charge in [0, 0.05) is 12.6 Å². The van der Waals surface area contributed by atoms with Gasteiger partial charge in [-0.05, 0) is 26.0 Å². The number of nitrogens with one attached hydrogen (secondary N) is 1. The van der Waals surface area contributed by atoms with E-state index >= 15 is 0 Å². The standard InChI is InChI=1S/C12H13ClN2O/c1-12(2)11(7-15-12)16-9-4-3-8(6-14)10(13)5-9/h3-5,11,15H,7H2,1-2H3/t11-/m0/s1. The van der Waals surface area contributed by atoms with Crippen LogP contribution in [-0.4, -0.2) is 18.2 Å². The summed E-state index contributed by atoms with van der Waals surface area (Å²) in [7, 11) is 0. The molecule has 3 nitrogen and oxygen atoms in total. The molecular weight excluding hydrogens is 224 g/mol. The number of rotatable bonds is 2. The van der Waals surface area contributed by atoms with E-state index in [0.717, 1.165) is 6.54 Å². The third-order valence-corrected chi connectivity index (χ3v) is 3.20. The molecule has 1 saturated heterocycles. The summed E-state index contributed by atoms with van der Waals surface area (Å²) in [6.45, 7) is 5.02. The molecule has 0 aromatic heterocycles. The minimum atomic E-state index is 0.000373. The molecule has 1 aromatic rings. The second kappa shape index (κ2) is 3.97. The molecule has 4 heteroatoms. The van der Waals surface area contributed by atoms with Crippen LogP contribution in [0.2, 0.25) is 5.02 Å². The van der Waals surface area contributed by atoms with E-state index < -0.39 is 0 Å². The Morgan fingerprint density at radius 2 is 2.31 bits per heavy atom. The number of ether oxygens (including phenoxy) is 1. The molecule has 1 aliphatic heterocycles. The molecule has 1 aromatic carbocycles. The summed E-state index contributed by atoms with van der Waals surface area (Å²) < 4.78 is 5.79.